The maximum atomic E-state index is 11.5. The molecule has 44 heavy (non-hydrogen) atoms. The first-order valence-corrected chi connectivity index (χ1v) is 15.6. The second-order valence-electron chi connectivity index (χ2n) is 10.1. The van der Waals surface area contributed by atoms with E-state index in [0.29, 0.717) is 0 Å². The number of hydrogen-bond acceptors (Lipinski definition) is 6. The van der Waals surface area contributed by atoms with Gasteiger partial charge in [0.05, 0.1) is 26.0 Å². The van der Waals surface area contributed by atoms with Crippen molar-refractivity contribution in [2.45, 2.75) is 0 Å². The summed E-state index contributed by atoms with van der Waals surface area (Å²) < 4.78 is 2.34. The molecule has 0 aliphatic carbocycles. The van der Waals surface area contributed by atoms with Crippen LogP contribution in [-0.4, -0.2) is 21.0 Å². The zero-order chi connectivity index (χ0) is 29.9. The highest BCUT2D eigenvalue weighted by atomic mass is 32.1. The number of carbonyl (C=O) groups is 1. The largest absolute Gasteiger partial charge is 0.478 e. The Morgan fingerprint density at radius 3 is 1.36 bits per heavy atom. The molecule has 0 radical (unpaired) electrons. The molecule has 2 aromatic heterocycles. The zero-order valence-corrected chi connectivity index (χ0v) is 25.0. The number of anilines is 3. The van der Waals surface area contributed by atoms with Crippen LogP contribution in [0.2, 0.25) is 0 Å². The van der Waals surface area contributed by atoms with Crippen LogP contribution in [0.3, 0.4) is 0 Å². The van der Waals surface area contributed by atoms with Gasteiger partial charge < -0.3 is 10.0 Å². The molecule has 1 N–H and O–H groups in total. The Balaban J connectivity index is 1.16. The van der Waals surface area contributed by atoms with Gasteiger partial charge in [0.25, 0.3) is 0 Å². The fourth-order valence-corrected chi connectivity index (χ4v) is 6.67. The minimum absolute atomic E-state index is 0.249. The van der Waals surface area contributed by atoms with Crippen molar-refractivity contribution in [3.8, 4) is 0 Å². The summed E-state index contributed by atoms with van der Waals surface area (Å²) in [5, 5.41) is 11.4. The van der Waals surface area contributed by atoms with Crippen molar-refractivity contribution >= 4 is 90.4 Å². The van der Waals surface area contributed by atoms with E-state index >= 15 is 0 Å². The minimum Gasteiger partial charge on any atom is -0.478 e. The van der Waals surface area contributed by atoms with Crippen molar-refractivity contribution < 1.29 is 9.90 Å². The van der Waals surface area contributed by atoms with E-state index in [1.165, 1.54) is 9.40 Å². The molecule has 0 unspecified atom stereocenters. The van der Waals surface area contributed by atoms with Gasteiger partial charge in [-0.1, -0.05) is 60.7 Å². The van der Waals surface area contributed by atoms with E-state index in [-0.39, 0.29) is 5.56 Å². The van der Waals surface area contributed by atoms with Gasteiger partial charge in [-0.25, -0.2) is 14.8 Å². The Hall–Kier alpha value is -5.37. The molecule has 0 saturated heterocycles. The van der Waals surface area contributed by atoms with E-state index < -0.39 is 5.97 Å². The van der Waals surface area contributed by atoms with Gasteiger partial charge in [-0.05, 0) is 96.1 Å². The molecular weight excluding hydrogens is 583 g/mol. The van der Waals surface area contributed by atoms with Gasteiger partial charge in [0.15, 0.2) is 0 Å². The number of carboxylic acid groups (broad SMARTS) is 1. The van der Waals surface area contributed by atoms with Crippen LogP contribution < -0.4 is 4.90 Å². The molecule has 5 nitrogen and oxygen atoms in total. The van der Waals surface area contributed by atoms with E-state index in [4.69, 9.17) is 9.97 Å². The normalized spacial score (nSPS) is 11.6. The van der Waals surface area contributed by atoms with Gasteiger partial charge in [-0.15, -0.1) is 22.7 Å². The van der Waals surface area contributed by atoms with Crippen molar-refractivity contribution in [1.82, 2.24) is 9.97 Å². The van der Waals surface area contributed by atoms with Crippen molar-refractivity contribution in [1.29, 1.82) is 0 Å². The summed E-state index contributed by atoms with van der Waals surface area (Å²) in [5.41, 5.74) is 7.18. The van der Waals surface area contributed by atoms with Crippen molar-refractivity contribution in [3.63, 3.8) is 0 Å². The molecular formula is C37H25N3O2S2. The summed E-state index contributed by atoms with van der Waals surface area (Å²) in [7, 11) is 0. The lowest BCUT2D eigenvalue weighted by Gasteiger charge is -2.25. The topological polar surface area (TPSA) is 66.3 Å². The standard InChI is InChI=1S/C37H25N3O2S2/c41-37(42)27-15-21-30(22-16-27)40(28-17-9-25(10-18-28)13-23-35-38-31-5-1-3-7-33(31)43-35)29-19-11-26(12-20-29)14-24-36-39-32-6-2-4-8-34(32)44-36/h1-24H,(H,41,42). The van der Waals surface area contributed by atoms with Gasteiger partial charge in [-0.3, -0.25) is 0 Å². The maximum absolute atomic E-state index is 11.5. The molecule has 0 atom stereocenters. The summed E-state index contributed by atoms with van der Waals surface area (Å²) in [6, 6.07) is 39.8. The highest BCUT2D eigenvalue weighted by molar-refractivity contribution is 7.19. The van der Waals surface area contributed by atoms with E-state index in [2.05, 4.69) is 77.7 Å². The number of rotatable bonds is 8. The lowest BCUT2D eigenvalue weighted by atomic mass is 10.1. The smallest absolute Gasteiger partial charge is 0.335 e. The molecule has 0 fully saturated rings. The first-order valence-electron chi connectivity index (χ1n) is 14.0. The zero-order valence-electron chi connectivity index (χ0n) is 23.4. The molecule has 5 aromatic carbocycles. The average molecular weight is 608 g/mol. The molecule has 0 spiro atoms. The average Bonchev–Trinajstić information content (AvgIpc) is 3.68. The van der Waals surface area contributed by atoms with E-state index in [1.54, 1.807) is 34.8 Å². The molecule has 212 valence electrons. The van der Waals surface area contributed by atoms with Crippen LogP contribution in [0, 0.1) is 0 Å². The second-order valence-corrected chi connectivity index (χ2v) is 12.2. The van der Waals surface area contributed by atoms with Crippen LogP contribution in [0.5, 0.6) is 0 Å². The third-order valence-corrected chi connectivity index (χ3v) is 9.14. The molecule has 0 aliphatic heterocycles. The second kappa shape index (κ2) is 12.1. The van der Waals surface area contributed by atoms with Crippen LogP contribution in [0.25, 0.3) is 44.7 Å². The van der Waals surface area contributed by atoms with Crippen LogP contribution in [0.4, 0.5) is 17.1 Å². The fourth-order valence-electron chi connectivity index (χ4n) is 4.93. The summed E-state index contributed by atoms with van der Waals surface area (Å²) in [6.07, 6.45) is 8.23. The quantitative estimate of drug-likeness (QED) is 0.186. The molecule has 2 heterocycles. The number of fused-ring (bicyclic) bond motifs is 2. The lowest BCUT2D eigenvalue weighted by molar-refractivity contribution is 0.0697. The number of carboxylic acids is 1. The Morgan fingerprint density at radius 1 is 0.545 bits per heavy atom. The summed E-state index contributed by atoms with van der Waals surface area (Å²) in [4.78, 5) is 23.0. The molecule has 0 aliphatic rings. The highest BCUT2D eigenvalue weighted by Crippen LogP contribution is 2.35. The molecule has 0 bridgehead atoms. The van der Waals surface area contributed by atoms with E-state index in [1.807, 2.05) is 60.7 Å². The molecule has 7 rings (SSSR count). The number of thiazole rings is 2. The Bertz CT molecular complexity index is 1950. The molecule has 7 heteroatoms. The van der Waals surface area contributed by atoms with Crippen LogP contribution in [0.15, 0.2) is 121 Å². The molecule has 0 saturated carbocycles. The molecule has 0 amide bonds. The van der Waals surface area contributed by atoms with Crippen molar-refractivity contribution in [3.05, 3.63) is 148 Å². The maximum Gasteiger partial charge on any atom is 0.335 e. The summed E-state index contributed by atoms with van der Waals surface area (Å²) in [6.45, 7) is 0. The van der Waals surface area contributed by atoms with Crippen molar-refractivity contribution in [2.75, 3.05) is 4.90 Å². The predicted molar refractivity (Wildman–Crippen MR) is 185 cm³/mol. The minimum atomic E-state index is -0.948. The molecule has 7 aromatic rings. The summed E-state index contributed by atoms with van der Waals surface area (Å²) in [5.74, 6) is -0.948. The van der Waals surface area contributed by atoms with Crippen LogP contribution >= 0.6 is 22.7 Å². The van der Waals surface area contributed by atoms with Crippen LogP contribution in [0.1, 0.15) is 31.5 Å². The van der Waals surface area contributed by atoms with Crippen molar-refractivity contribution in [2.24, 2.45) is 0 Å². The van der Waals surface area contributed by atoms with E-state index in [0.717, 1.165) is 49.2 Å². The summed E-state index contributed by atoms with van der Waals surface area (Å²) >= 11 is 3.34. The van der Waals surface area contributed by atoms with Gasteiger partial charge in [0.2, 0.25) is 0 Å². The van der Waals surface area contributed by atoms with E-state index in [9.17, 15) is 9.90 Å². The Kier molecular flexibility index (Phi) is 7.54. The van der Waals surface area contributed by atoms with Gasteiger partial charge in [0, 0.05) is 17.1 Å². The van der Waals surface area contributed by atoms with Crippen LogP contribution in [-0.2, 0) is 0 Å². The Labute approximate surface area is 262 Å². The third-order valence-electron chi connectivity index (χ3n) is 7.13. The highest BCUT2D eigenvalue weighted by Gasteiger charge is 2.13. The SMILES string of the molecule is O=C(O)c1ccc(N(c2ccc(C=Cc3nc4ccccc4s3)cc2)c2ccc(C=Cc3nc4ccccc4s3)cc2)cc1. The number of para-hydroxylation sites is 2. The number of hydrogen-bond donors (Lipinski definition) is 1. The number of aromatic carboxylic acids is 1. The fraction of sp³-hybridized carbons (Fsp3) is 0. The van der Waals surface area contributed by atoms with Gasteiger partial charge >= 0.3 is 5.97 Å². The Morgan fingerprint density at radius 2 is 0.955 bits per heavy atom. The number of nitrogens with zero attached hydrogens (tertiary/aromatic N) is 3. The number of aromatic nitrogens is 2. The predicted octanol–water partition coefficient (Wildman–Crippen LogP) is 10.4. The number of benzene rings is 5. The lowest BCUT2D eigenvalue weighted by Crippen LogP contribution is -2.10. The van der Waals surface area contributed by atoms with Gasteiger partial charge in [0.1, 0.15) is 10.0 Å². The third kappa shape index (κ3) is 5.92. The van der Waals surface area contributed by atoms with Gasteiger partial charge in [-0.2, -0.15) is 0 Å². The first kappa shape index (κ1) is 27.5. The first-order chi connectivity index (χ1) is 21.6. The monoisotopic (exact) mass is 607 g/mol.